The average Bonchev–Trinajstić information content (AvgIpc) is 2.68. The van der Waals surface area contributed by atoms with Gasteiger partial charge in [0.25, 0.3) is 5.56 Å². The monoisotopic (exact) mass is 467 g/mol. The zero-order valence-electron chi connectivity index (χ0n) is 18.2. The number of halogens is 4. The number of ether oxygens (including phenoxy) is 1. The van der Waals surface area contributed by atoms with Crippen molar-refractivity contribution in [1.29, 1.82) is 0 Å². The van der Waals surface area contributed by atoms with Crippen LogP contribution >= 0.6 is 0 Å². The van der Waals surface area contributed by atoms with Gasteiger partial charge in [-0.3, -0.25) is 19.2 Å². The van der Waals surface area contributed by atoms with Gasteiger partial charge < -0.3 is 4.74 Å². The Balaban J connectivity index is 2.23. The number of hydrogen-bond donors (Lipinski definition) is 1. The van der Waals surface area contributed by atoms with Crippen LogP contribution in [0.5, 0.6) is 0 Å². The Morgan fingerprint density at radius 1 is 1.06 bits per heavy atom. The normalized spacial score (nSPS) is 12.1. The Bertz CT molecular complexity index is 1350. The van der Waals surface area contributed by atoms with Crippen LogP contribution in [0.2, 0.25) is 0 Å². The predicted molar refractivity (Wildman–Crippen MR) is 114 cm³/mol. The minimum atomic E-state index is -4.71. The third kappa shape index (κ3) is 4.91. The van der Waals surface area contributed by atoms with Gasteiger partial charge in [0.05, 0.1) is 28.7 Å². The molecule has 0 aliphatic heterocycles. The van der Waals surface area contributed by atoms with Gasteiger partial charge in [-0.2, -0.15) is 13.2 Å². The van der Waals surface area contributed by atoms with Crippen molar-refractivity contribution < 1.29 is 27.1 Å². The van der Waals surface area contributed by atoms with Crippen molar-refractivity contribution in [3.63, 3.8) is 0 Å². The Morgan fingerprint density at radius 3 is 2.30 bits per heavy atom. The van der Waals surface area contributed by atoms with E-state index in [1.807, 2.05) is 0 Å². The summed E-state index contributed by atoms with van der Waals surface area (Å²) in [6.07, 6.45) is -5.64. The Hall–Kier alpha value is -3.63. The smallest absolute Gasteiger partial charge is 0.416 e. The van der Waals surface area contributed by atoms with E-state index in [1.165, 1.54) is 19.2 Å². The van der Waals surface area contributed by atoms with Gasteiger partial charge in [-0.1, -0.05) is 18.2 Å². The van der Waals surface area contributed by atoms with Crippen molar-refractivity contribution in [2.75, 3.05) is 5.32 Å². The van der Waals surface area contributed by atoms with Crippen molar-refractivity contribution in [2.24, 2.45) is 7.05 Å². The second-order valence-electron chi connectivity index (χ2n) is 8.33. The van der Waals surface area contributed by atoms with Crippen LogP contribution in [-0.2, 0) is 24.5 Å². The van der Waals surface area contributed by atoms with E-state index < -0.39 is 52.6 Å². The van der Waals surface area contributed by atoms with E-state index in [-0.39, 0.29) is 16.6 Å². The summed E-state index contributed by atoms with van der Waals surface area (Å²) in [6, 6.07) is 6.58. The molecule has 1 N–H and O–H groups in total. The van der Waals surface area contributed by atoms with Crippen molar-refractivity contribution >= 4 is 22.7 Å². The lowest BCUT2D eigenvalue weighted by atomic mass is 10.1. The van der Waals surface area contributed by atoms with E-state index in [0.29, 0.717) is 4.57 Å². The summed E-state index contributed by atoms with van der Waals surface area (Å²) < 4.78 is 61.3. The fraction of sp³-hybridized carbons (Fsp3) is 0.318. The van der Waals surface area contributed by atoms with E-state index in [0.717, 1.165) is 28.8 Å². The summed E-state index contributed by atoms with van der Waals surface area (Å²) in [5.74, 6) is -0.917. The van der Waals surface area contributed by atoms with Crippen LogP contribution in [0.3, 0.4) is 0 Å². The SMILES string of the molecule is Cn1c(=O)n(Cc2ccccc2C(F)(F)F)c(=O)c2c(NC(=O)OC(C)(C)C)ccc(F)c21. The summed E-state index contributed by atoms with van der Waals surface area (Å²) in [7, 11) is 1.18. The molecule has 7 nitrogen and oxygen atoms in total. The number of anilines is 1. The van der Waals surface area contributed by atoms with Crippen LogP contribution in [0, 0.1) is 5.82 Å². The number of aromatic nitrogens is 2. The fourth-order valence-electron chi connectivity index (χ4n) is 3.37. The molecule has 3 rings (SSSR count). The highest BCUT2D eigenvalue weighted by Gasteiger charge is 2.33. The number of benzene rings is 2. The van der Waals surface area contributed by atoms with Gasteiger partial charge in [-0.25, -0.2) is 14.0 Å². The Morgan fingerprint density at radius 2 is 1.70 bits per heavy atom. The molecule has 0 atom stereocenters. The molecule has 33 heavy (non-hydrogen) atoms. The maximum absolute atomic E-state index is 14.6. The maximum Gasteiger partial charge on any atom is 0.416 e. The van der Waals surface area contributed by atoms with E-state index in [2.05, 4.69) is 5.32 Å². The van der Waals surface area contributed by atoms with Gasteiger partial charge in [0.1, 0.15) is 11.4 Å². The van der Waals surface area contributed by atoms with Crippen LogP contribution in [0.15, 0.2) is 46.0 Å². The van der Waals surface area contributed by atoms with Crippen LogP contribution in [-0.4, -0.2) is 20.8 Å². The standard InChI is InChI=1S/C22H21F4N3O4/c1-21(2,3)33-19(31)27-15-10-9-14(23)17-16(15)18(30)29(20(32)28(17)4)11-12-7-5-6-8-13(12)22(24,25)26/h5-10H,11H2,1-4H3,(H,27,31). The molecule has 0 radical (unpaired) electrons. The molecule has 0 fully saturated rings. The highest BCUT2D eigenvalue weighted by atomic mass is 19.4. The summed E-state index contributed by atoms with van der Waals surface area (Å²) in [6.45, 7) is 4.14. The fourth-order valence-corrected chi connectivity index (χ4v) is 3.37. The van der Waals surface area contributed by atoms with E-state index in [1.54, 1.807) is 20.8 Å². The maximum atomic E-state index is 14.6. The number of aryl methyl sites for hydroxylation is 1. The molecule has 1 aromatic heterocycles. The number of amides is 1. The van der Waals surface area contributed by atoms with E-state index in [9.17, 15) is 31.9 Å². The number of fused-ring (bicyclic) bond motifs is 1. The molecule has 0 saturated carbocycles. The number of hydrogen-bond acceptors (Lipinski definition) is 4. The summed E-state index contributed by atoms with van der Waals surface area (Å²) in [5.41, 5.74) is -4.83. The first-order valence-corrected chi connectivity index (χ1v) is 9.78. The summed E-state index contributed by atoms with van der Waals surface area (Å²) in [5, 5.41) is 1.96. The van der Waals surface area contributed by atoms with Crippen molar-refractivity contribution in [3.8, 4) is 0 Å². The summed E-state index contributed by atoms with van der Waals surface area (Å²) >= 11 is 0. The molecule has 0 spiro atoms. The van der Waals surface area contributed by atoms with Gasteiger partial charge >= 0.3 is 18.0 Å². The molecule has 2 aromatic carbocycles. The first-order valence-electron chi connectivity index (χ1n) is 9.78. The topological polar surface area (TPSA) is 82.3 Å². The molecule has 1 heterocycles. The molecule has 0 unspecified atom stereocenters. The molecule has 0 aliphatic rings. The van der Waals surface area contributed by atoms with Crippen LogP contribution in [0.1, 0.15) is 31.9 Å². The first-order chi connectivity index (χ1) is 15.2. The van der Waals surface area contributed by atoms with E-state index >= 15 is 0 Å². The molecule has 0 saturated heterocycles. The molecule has 0 bridgehead atoms. The van der Waals surface area contributed by atoms with Crippen molar-refractivity contribution in [3.05, 3.63) is 74.2 Å². The number of nitrogens with zero attached hydrogens (tertiary/aromatic N) is 2. The largest absolute Gasteiger partial charge is 0.444 e. The van der Waals surface area contributed by atoms with Gasteiger partial charge in [-0.15, -0.1) is 0 Å². The second-order valence-corrected chi connectivity index (χ2v) is 8.33. The molecule has 11 heteroatoms. The molecular weight excluding hydrogens is 446 g/mol. The Labute approximate surface area is 185 Å². The van der Waals surface area contributed by atoms with Gasteiger partial charge in [0.2, 0.25) is 0 Å². The minimum Gasteiger partial charge on any atom is -0.444 e. The number of alkyl halides is 3. The second kappa shape index (κ2) is 8.38. The highest BCUT2D eigenvalue weighted by molar-refractivity contribution is 5.98. The number of carbonyl (C=O) groups is 1. The zero-order valence-corrected chi connectivity index (χ0v) is 18.2. The lowest BCUT2D eigenvalue weighted by molar-refractivity contribution is -0.138. The minimum absolute atomic E-state index is 0.154. The molecule has 0 aliphatic carbocycles. The lowest BCUT2D eigenvalue weighted by Crippen LogP contribution is -2.40. The Kier molecular flexibility index (Phi) is 6.10. The van der Waals surface area contributed by atoms with E-state index in [4.69, 9.17) is 4.74 Å². The van der Waals surface area contributed by atoms with Crippen LogP contribution in [0.4, 0.5) is 28.0 Å². The lowest BCUT2D eigenvalue weighted by Gasteiger charge is -2.20. The molecule has 3 aromatic rings. The average molecular weight is 467 g/mol. The number of carbonyl (C=O) groups excluding carboxylic acids is 1. The van der Waals surface area contributed by atoms with Crippen LogP contribution in [0.25, 0.3) is 10.9 Å². The zero-order chi connectivity index (χ0) is 24.7. The quantitative estimate of drug-likeness (QED) is 0.584. The molecular formula is C22H21F4N3O4. The van der Waals surface area contributed by atoms with Crippen LogP contribution < -0.4 is 16.6 Å². The first kappa shape index (κ1) is 24.0. The molecule has 176 valence electrons. The highest BCUT2D eigenvalue weighted by Crippen LogP contribution is 2.32. The van der Waals surface area contributed by atoms with Gasteiger partial charge in [0.15, 0.2) is 0 Å². The third-order valence-electron chi connectivity index (χ3n) is 4.73. The predicted octanol–water partition coefficient (Wildman–Crippen LogP) is 4.25. The molecule has 1 amide bonds. The third-order valence-corrected chi connectivity index (χ3v) is 4.73. The van der Waals surface area contributed by atoms with Crippen molar-refractivity contribution in [2.45, 2.75) is 39.1 Å². The van der Waals surface area contributed by atoms with Crippen molar-refractivity contribution in [1.82, 2.24) is 9.13 Å². The summed E-state index contributed by atoms with van der Waals surface area (Å²) in [4.78, 5) is 38.2. The van der Waals surface area contributed by atoms with Gasteiger partial charge in [-0.05, 0) is 44.5 Å². The number of nitrogens with one attached hydrogen (secondary N) is 1. The van der Waals surface area contributed by atoms with Gasteiger partial charge in [0, 0.05) is 7.05 Å². The number of rotatable bonds is 3.